The van der Waals surface area contributed by atoms with E-state index < -0.39 is 17.7 Å². The van der Waals surface area contributed by atoms with Gasteiger partial charge in [0, 0.05) is 25.7 Å². The number of amides is 1. The van der Waals surface area contributed by atoms with Crippen LogP contribution in [-0.2, 0) is 11.3 Å². The highest BCUT2D eigenvalue weighted by Gasteiger charge is 2.23. The van der Waals surface area contributed by atoms with E-state index in [0.29, 0.717) is 12.3 Å². The van der Waals surface area contributed by atoms with Crippen LogP contribution in [0.1, 0.15) is 25.3 Å². The molecule has 0 aliphatic carbocycles. The number of para-hydroxylation sites is 1. The molecule has 1 amide bonds. The van der Waals surface area contributed by atoms with E-state index in [-0.39, 0.29) is 11.9 Å². The van der Waals surface area contributed by atoms with Gasteiger partial charge in [-0.05, 0) is 49.6 Å². The smallest absolute Gasteiger partial charge is 0.260 e. The fourth-order valence-electron chi connectivity index (χ4n) is 3.21. The van der Waals surface area contributed by atoms with E-state index in [2.05, 4.69) is 10.2 Å². The number of halogens is 2. The van der Waals surface area contributed by atoms with E-state index in [1.54, 1.807) is 13.0 Å². The number of rotatable bonds is 6. The molecule has 1 unspecified atom stereocenters. The molecule has 1 aliphatic heterocycles. The fourth-order valence-corrected chi connectivity index (χ4v) is 3.21. The molecule has 27 heavy (non-hydrogen) atoms. The van der Waals surface area contributed by atoms with Gasteiger partial charge in [0.2, 0.25) is 0 Å². The lowest BCUT2D eigenvalue weighted by Crippen LogP contribution is -2.47. The molecule has 0 aromatic heterocycles. The largest absolute Gasteiger partial charge is 0.481 e. The van der Waals surface area contributed by atoms with Gasteiger partial charge in [-0.2, -0.15) is 0 Å². The second-order valence-corrected chi connectivity index (χ2v) is 6.88. The summed E-state index contributed by atoms with van der Waals surface area (Å²) in [6, 6.07) is 13.4. The van der Waals surface area contributed by atoms with Crippen molar-refractivity contribution in [3.63, 3.8) is 0 Å². The van der Waals surface area contributed by atoms with Crippen LogP contribution >= 0.6 is 0 Å². The molecule has 2 aromatic rings. The number of piperidine rings is 1. The minimum absolute atomic E-state index is 0.0977. The second kappa shape index (κ2) is 8.95. The molecule has 1 N–H and O–H groups in total. The highest BCUT2D eigenvalue weighted by atomic mass is 19.2. The number of hydrogen-bond donors (Lipinski definition) is 1. The number of benzene rings is 2. The summed E-state index contributed by atoms with van der Waals surface area (Å²) in [5.74, 6) is -1.10. The van der Waals surface area contributed by atoms with E-state index >= 15 is 0 Å². The Balaban J connectivity index is 1.43. The quantitative estimate of drug-likeness (QED) is 0.841. The summed E-state index contributed by atoms with van der Waals surface area (Å²) in [4.78, 5) is 14.5. The summed E-state index contributed by atoms with van der Waals surface area (Å²) in [6.07, 6.45) is 1.06. The lowest BCUT2D eigenvalue weighted by atomic mass is 10.0. The number of carbonyl (C=O) groups excluding carboxylic acids is 1. The van der Waals surface area contributed by atoms with E-state index in [1.807, 2.05) is 30.3 Å². The van der Waals surface area contributed by atoms with Crippen molar-refractivity contribution in [1.82, 2.24) is 10.2 Å². The Labute approximate surface area is 158 Å². The molecule has 1 fully saturated rings. The summed E-state index contributed by atoms with van der Waals surface area (Å²) < 4.78 is 32.0. The third-order valence-corrected chi connectivity index (χ3v) is 4.75. The van der Waals surface area contributed by atoms with Gasteiger partial charge in [0.05, 0.1) is 0 Å². The second-order valence-electron chi connectivity index (χ2n) is 6.88. The van der Waals surface area contributed by atoms with E-state index in [0.717, 1.165) is 37.6 Å². The van der Waals surface area contributed by atoms with E-state index in [9.17, 15) is 13.6 Å². The monoisotopic (exact) mass is 374 g/mol. The van der Waals surface area contributed by atoms with Crippen LogP contribution in [0.25, 0.3) is 0 Å². The van der Waals surface area contributed by atoms with Crippen molar-refractivity contribution >= 4 is 5.91 Å². The first-order valence-electron chi connectivity index (χ1n) is 9.19. The van der Waals surface area contributed by atoms with Gasteiger partial charge in [-0.3, -0.25) is 9.69 Å². The Kier molecular flexibility index (Phi) is 6.40. The van der Waals surface area contributed by atoms with Crippen LogP contribution in [0.4, 0.5) is 8.78 Å². The topological polar surface area (TPSA) is 41.6 Å². The summed E-state index contributed by atoms with van der Waals surface area (Å²) in [5, 5.41) is 3.04. The normalized spacial score (nSPS) is 16.7. The zero-order chi connectivity index (χ0) is 19.2. The van der Waals surface area contributed by atoms with Crippen molar-refractivity contribution < 1.29 is 18.3 Å². The summed E-state index contributed by atoms with van der Waals surface area (Å²) in [5.41, 5.74) is 0.751. The summed E-state index contributed by atoms with van der Waals surface area (Å²) >= 11 is 0. The molecule has 1 atom stereocenters. The van der Waals surface area contributed by atoms with Crippen molar-refractivity contribution in [2.75, 3.05) is 13.1 Å². The Morgan fingerprint density at radius 2 is 1.85 bits per heavy atom. The van der Waals surface area contributed by atoms with Crippen LogP contribution in [0.2, 0.25) is 0 Å². The first-order valence-corrected chi connectivity index (χ1v) is 9.19. The average molecular weight is 374 g/mol. The van der Waals surface area contributed by atoms with Gasteiger partial charge >= 0.3 is 0 Å². The van der Waals surface area contributed by atoms with Gasteiger partial charge in [0.25, 0.3) is 5.91 Å². The van der Waals surface area contributed by atoms with E-state index in [4.69, 9.17) is 4.74 Å². The number of likely N-dealkylation sites (tertiary alicyclic amines) is 1. The predicted octanol–water partition coefficient (Wildman–Crippen LogP) is 3.51. The first kappa shape index (κ1) is 19.3. The Morgan fingerprint density at radius 3 is 2.52 bits per heavy atom. The molecule has 3 rings (SSSR count). The maximum Gasteiger partial charge on any atom is 0.260 e. The van der Waals surface area contributed by atoms with Gasteiger partial charge in [-0.15, -0.1) is 0 Å². The van der Waals surface area contributed by atoms with Gasteiger partial charge < -0.3 is 10.1 Å². The fraction of sp³-hybridized carbons (Fsp3) is 0.381. The molecule has 144 valence electrons. The molecule has 0 bridgehead atoms. The maximum absolute atomic E-state index is 13.3. The maximum atomic E-state index is 13.3. The SMILES string of the molecule is CC(Oc1ccccc1)C(=O)NC1CCN(Cc2ccc(F)c(F)c2)CC1. The Bertz CT molecular complexity index is 762. The van der Waals surface area contributed by atoms with Crippen LogP contribution < -0.4 is 10.1 Å². The third-order valence-electron chi connectivity index (χ3n) is 4.75. The van der Waals surface area contributed by atoms with Crippen LogP contribution in [0, 0.1) is 11.6 Å². The molecule has 2 aromatic carbocycles. The van der Waals surface area contributed by atoms with Crippen molar-refractivity contribution in [2.45, 2.75) is 38.5 Å². The number of nitrogens with one attached hydrogen (secondary N) is 1. The molecule has 1 heterocycles. The van der Waals surface area contributed by atoms with Gasteiger partial charge in [0.1, 0.15) is 5.75 Å². The lowest BCUT2D eigenvalue weighted by molar-refractivity contribution is -0.128. The highest BCUT2D eigenvalue weighted by molar-refractivity contribution is 5.81. The predicted molar refractivity (Wildman–Crippen MR) is 99.3 cm³/mol. The zero-order valence-corrected chi connectivity index (χ0v) is 15.3. The Hall–Kier alpha value is -2.47. The van der Waals surface area contributed by atoms with Crippen molar-refractivity contribution in [3.8, 4) is 5.75 Å². The lowest BCUT2D eigenvalue weighted by Gasteiger charge is -2.32. The minimum atomic E-state index is -0.827. The number of ether oxygens (including phenoxy) is 1. The van der Waals surface area contributed by atoms with Crippen LogP contribution in [0.5, 0.6) is 5.75 Å². The Morgan fingerprint density at radius 1 is 1.15 bits per heavy atom. The molecule has 0 radical (unpaired) electrons. The number of carbonyl (C=O) groups is 1. The minimum Gasteiger partial charge on any atom is -0.481 e. The van der Waals surface area contributed by atoms with Gasteiger partial charge in [0.15, 0.2) is 17.7 Å². The summed E-state index contributed by atoms with van der Waals surface area (Å²) in [7, 11) is 0. The van der Waals surface area contributed by atoms with Crippen LogP contribution in [0.3, 0.4) is 0 Å². The van der Waals surface area contributed by atoms with Crippen molar-refractivity contribution in [2.24, 2.45) is 0 Å². The highest BCUT2D eigenvalue weighted by Crippen LogP contribution is 2.16. The summed E-state index contributed by atoms with van der Waals surface area (Å²) in [6.45, 7) is 3.89. The zero-order valence-electron chi connectivity index (χ0n) is 15.3. The molecule has 6 heteroatoms. The molecular weight excluding hydrogens is 350 g/mol. The van der Waals surface area contributed by atoms with Crippen molar-refractivity contribution in [3.05, 3.63) is 65.7 Å². The molecular formula is C21H24F2N2O2. The molecule has 0 spiro atoms. The standard InChI is InChI=1S/C21H24F2N2O2/c1-15(27-18-5-3-2-4-6-18)21(26)24-17-9-11-25(12-10-17)14-16-7-8-19(22)20(23)13-16/h2-8,13,15,17H,9-12,14H2,1H3,(H,24,26). The number of hydrogen-bond acceptors (Lipinski definition) is 3. The number of nitrogens with zero attached hydrogens (tertiary/aromatic N) is 1. The van der Waals surface area contributed by atoms with Gasteiger partial charge in [-0.1, -0.05) is 24.3 Å². The molecule has 1 aliphatic rings. The first-order chi connectivity index (χ1) is 13.0. The average Bonchev–Trinajstić information content (AvgIpc) is 2.67. The van der Waals surface area contributed by atoms with Crippen LogP contribution in [0.15, 0.2) is 48.5 Å². The molecule has 1 saturated heterocycles. The third kappa shape index (κ3) is 5.50. The van der Waals surface area contributed by atoms with Crippen molar-refractivity contribution in [1.29, 1.82) is 0 Å². The molecule has 0 saturated carbocycles. The molecule has 4 nitrogen and oxygen atoms in total. The van der Waals surface area contributed by atoms with Gasteiger partial charge in [-0.25, -0.2) is 8.78 Å². The van der Waals surface area contributed by atoms with E-state index in [1.165, 1.54) is 6.07 Å². The van der Waals surface area contributed by atoms with Crippen LogP contribution in [-0.4, -0.2) is 36.0 Å².